The maximum atomic E-state index is 6.77. The fourth-order valence-corrected chi connectivity index (χ4v) is 6.10. The van der Waals surface area contributed by atoms with Crippen LogP contribution in [0.5, 0.6) is 0 Å². The molecule has 6 atom stereocenters. The summed E-state index contributed by atoms with van der Waals surface area (Å²) in [5.74, 6) is 1.56. The molecular weight excluding hydrogens is 520 g/mol. The first-order chi connectivity index (χ1) is 19.7. The Bertz CT molecular complexity index is 1110. The zero-order valence-electron chi connectivity index (χ0n) is 23.6. The molecule has 1 aliphatic heterocycles. The molecule has 0 spiro atoms. The number of hydrogen-bond acceptors (Lipinski definition) is 6. The number of benzene rings is 3. The van der Waals surface area contributed by atoms with Crippen LogP contribution in [0.1, 0.15) is 43.4 Å². The molecule has 1 aliphatic carbocycles. The molecule has 0 N–H and O–H groups in total. The van der Waals surface area contributed by atoms with Crippen LogP contribution in [0.3, 0.4) is 0 Å². The predicted molar refractivity (Wildman–Crippen MR) is 160 cm³/mol. The molecular formula is C34H42O5S. The van der Waals surface area contributed by atoms with Crippen molar-refractivity contribution in [1.29, 1.82) is 0 Å². The van der Waals surface area contributed by atoms with E-state index in [0.717, 1.165) is 22.4 Å². The third-order valence-electron chi connectivity index (χ3n) is 7.59. The fourth-order valence-electron chi connectivity index (χ4n) is 5.13. The number of rotatable bonds is 15. The molecule has 5 rings (SSSR count). The van der Waals surface area contributed by atoms with E-state index in [-0.39, 0.29) is 36.0 Å². The van der Waals surface area contributed by atoms with Gasteiger partial charge in [-0.15, -0.1) is 11.8 Å². The highest BCUT2D eigenvalue weighted by molar-refractivity contribution is 7.99. The Morgan fingerprint density at radius 2 is 1.18 bits per heavy atom. The topological polar surface area (TPSA) is 46.2 Å². The summed E-state index contributed by atoms with van der Waals surface area (Å²) in [4.78, 5) is 0. The van der Waals surface area contributed by atoms with Gasteiger partial charge in [0.1, 0.15) is 29.9 Å². The van der Waals surface area contributed by atoms with Crippen LogP contribution in [0.2, 0.25) is 0 Å². The zero-order valence-corrected chi connectivity index (χ0v) is 24.4. The van der Waals surface area contributed by atoms with E-state index >= 15 is 0 Å². The van der Waals surface area contributed by atoms with Gasteiger partial charge in [0, 0.05) is 0 Å². The smallest absolute Gasteiger partial charge is 0.132 e. The summed E-state index contributed by atoms with van der Waals surface area (Å²) in [6.45, 7) is 6.21. The van der Waals surface area contributed by atoms with E-state index in [9.17, 15) is 0 Å². The van der Waals surface area contributed by atoms with Crippen molar-refractivity contribution in [2.75, 3.05) is 12.4 Å². The van der Waals surface area contributed by atoms with Gasteiger partial charge in [0.25, 0.3) is 0 Å². The lowest BCUT2D eigenvalue weighted by Gasteiger charge is -2.46. The van der Waals surface area contributed by atoms with E-state index in [0.29, 0.717) is 32.3 Å². The molecule has 1 unspecified atom stereocenters. The number of ether oxygens (including phenoxy) is 5. The molecule has 0 amide bonds. The van der Waals surface area contributed by atoms with Crippen LogP contribution in [-0.4, -0.2) is 48.3 Å². The van der Waals surface area contributed by atoms with Gasteiger partial charge in [-0.1, -0.05) is 97.9 Å². The minimum Gasteiger partial charge on any atom is -0.375 e. The lowest BCUT2D eigenvalue weighted by Crippen LogP contribution is -2.60. The summed E-state index contributed by atoms with van der Waals surface area (Å²) in [7, 11) is 0. The maximum Gasteiger partial charge on any atom is 0.132 e. The first kappa shape index (κ1) is 29.3. The molecule has 1 heterocycles. The van der Waals surface area contributed by atoms with Crippen molar-refractivity contribution >= 4 is 11.8 Å². The molecule has 0 radical (unpaired) electrons. The van der Waals surface area contributed by atoms with Crippen molar-refractivity contribution in [2.45, 2.75) is 82.5 Å². The van der Waals surface area contributed by atoms with Crippen molar-refractivity contribution in [3.8, 4) is 0 Å². The van der Waals surface area contributed by atoms with Gasteiger partial charge in [-0.3, -0.25) is 0 Å². The summed E-state index contributed by atoms with van der Waals surface area (Å²) in [5.41, 5.74) is 3.15. The number of thioether (sulfide) groups is 1. The van der Waals surface area contributed by atoms with Crippen molar-refractivity contribution in [3.63, 3.8) is 0 Å². The Morgan fingerprint density at radius 3 is 1.65 bits per heavy atom. The Kier molecular flexibility index (Phi) is 11.1. The van der Waals surface area contributed by atoms with Crippen LogP contribution in [0, 0.1) is 5.92 Å². The van der Waals surface area contributed by atoms with Gasteiger partial charge in [0.05, 0.1) is 32.5 Å². The van der Waals surface area contributed by atoms with Gasteiger partial charge in [-0.25, -0.2) is 0 Å². The maximum absolute atomic E-state index is 6.77. The Labute approximate surface area is 243 Å². The molecule has 214 valence electrons. The van der Waals surface area contributed by atoms with E-state index in [2.05, 4.69) is 50.2 Å². The normalized spacial score (nSPS) is 25.5. The van der Waals surface area contributed by atoms with E-state index < -0.39 is 0 Å². The Balaban J connectivity index is 1.40. The molecule has 6 heteroatoms. The molecule has 5 nitrogen and oxygen atoms in total. The van der Waals surface area contributed by atoms with Crippen LogP contribution < -0.4 is 0 Å². The Morgan fingerprint density at radius 1 is 0.700 bits per heavy atom. The quantitative estimate of drug-likeness (QED) is 0.198. The van der Waals surface area contributed by atoms with E-state index in [1.165, 1.54) is 12.8 Å². The van der Waals surface area contributed by atoms with Gasteiger partial charge in [0.15, 0.2) is 0 Å². The monoisotopic (exact) mass is 562 g/mol. The second-order valence-corrected chi connectivity index (χ2v) is 12.0. The van der Waals surface area contributed by atoms with E-state index in [4.69, 9.17) is 23.7 Å². The van der Waals surface area contributed by atoms with Crippen LogP contribution in [0.25, 0.3) is 0 Å². The van der Waals surface area contributed by atoms with E-state index in [1.54, 1.807) is 11.8 Å². The molecule has 0 aromatic heterocycles. The van der Waals surface area contributed by atoms with Crippen LogP contribution in [0.15, 0.2) is 91.0 Å². The average molecular weight is 563 g/mol. The van der Waals surface area contributed by atoms with E-state index in [1.807, 2.05) is 54.6 Å². The highest BCUT2D eigenvalue weighted by atomic mass is 32.2. The fraction of sp³-hybridized carbons (Fsp3) is 0.471. The lowest BCUT2D eigenvalue weighted by atomic mass is 9.98. The summed E-state index contributed by atoms with van der Waals surface area (Å²) < 4.78 is 33.2. The van der Waals surface area contributed by atoms with Gasteiger partial charge in [-0.2, -0.15) is 0 Å². The van der Waals surface area contributed by atoms with Gasteiger partial charge < -0.3 is 23.7 Å². The minimum atomic E-state index is -0.357. The minimum absolute atomic E-state index is 0.198. The SMILES string of the molecule is CCS[C@H]1O[C@H](COC(C)C2CC2)[C@@H](OCc2ccccc2)[C@H](OCc2ccccc2)[C@H]1OCc1ccccc1. The van der Waals surface area contributed by atoms with Crippen LogP contribution >= 0.6 is 11.8 Å². The molecule has 0 bridgehead atoms. The van der Waals surface area contributed by atoms with Crippen molar-refractivity contribution in [1.82, 2.24) is 0 Å². The van der Waals surface area contributed by atoms with Crippen LogP contribution in [0.4, 0.5) is 0 Å². The molecule has 2 aliphatic rings. The van der Waals surface area contributed by atoms with Crippen molar-refractivity contribution in [3.05, 3.63) is 108 Å². The molecule has 40 heavy (non-hydrogen) atoms. The average Bonchev–Trinajstić information content (AvgIpc) is 3.85. The highest BCUT2D eigenvalue weighted by Crippen LogP contribution is 2.37. The van der Waals surface area contributed by atoms with Crippen molar-refractivity contribution in [2.24, 2.45) is 5.92 Å². The summed E-state index contributed by atoms with van der Waals surface area (Å²) >= 11 is 1.76. The van der Waals surface area contributed by atoms with Crippen molar-refractivity contribution < 1.29 is 23.7 Å². The zero-order chi connectivity index (χ0) is 27.6. The standard InChI is InChI=1S/C34H42O5S/c1-3-40-34-33(38-23-28-17-11-6-12-18-28)32(37-22-27-15-9-5-10-16-27)31(36-21-26-13-7-4-8-14-26)30(39-34)24-35-25(2)29-19-20-29/h4-18,25,29-34H,3,19-24H2,1-2H3/t25?,30-,31-,32+,33-,34-/m1/s1. The molecule has 3 aromatic rings. The molecule has 1 saturated carbocycles. The lowest BCUT2D eigenvalue weighted by molar-refractivity contribution is -0.256. The third kappa shape index (κ3) is 8.41. The largest absolute Gasteiger partial charge is 0.375 e. The van der Waals surface area contributed by atoms with Gasteiger partial charge >= 0.3 is 0 Å². The summed E-state index contributed by atoms with van der Waals surface area (Å²) in [5, 5.41) is 0. The molecule has 1 saturated heterocycles. The molecule has 3 aromatic carbocycles. The highest BCUT2D eigenvalue weighted by Gasteiger charge is 2.48. The third-order valence-corrected chi connectivity index (χ3v) is 8.63. The first-order valence-electron chi connectivity index (χ1n) is 14.6. The second kappa shape index (κ2) is 15.2. The van der Waals surface area contributed by atoms with Crippen LogP contribution in [-0.2, 0) is 43.5 Å². The van der Waals surface area contributed by atoms with Gasteiger partial charge in [-0.05, 0) is 48.1 Å². The molecule has 2 fully saturated rings. The first-order valence-corrected chi connectivity index (χ1v) is 15.6. The summed E-state index contributed by atoms with van der Waals surface area (Å²) in [6, 6.07) is 30.8. The second-order valence-electron chi connectivity index (χ2n) is 10.7. The summed E-state index contributed by atoms with van der Waals surface area (Å²) in [6.07, 6.45) is 1.42. The Hall–Kier alpha value is -2.19. The van der Waals surface area contributed by atoms with Gasteiger partial charge in [0.2, 0.25) is 0 Å². The number of hydrogen-bond donors (Lipinski definition) is 0. The predicted octanol–water partition coefficient (Wildman–Crippen LogP) is 7.04.